The zero-order chi connectivity index (χ0) is 13.2. The Labute approximate surface area is 125 Å². The molecule has 0 amide bonds. The van der Waals surface area contributed by atoms with Gasteiger partial charge in [-0.15, -0.1) is 11.3 Å². The van der Waals surface area contributed by atoms with Crippen LogP contribution in [0.4, 0.5) is 0 Å². The lowest BCUT2D eigenvalue weighted by atomic mass is 10.0. The van der Waals surface area contributed by atoms with E-state index in [1.807, 2.05) is 6.07 Å². The number of hydrogen-bond acceptors (Lipinski definition) is 3. The Kier molecular flexibility index (Phi) is 4.47. The second kappa shape index (κ2) is 6.13. The zero-order valence-electron chi connectivity index (χ0n) is 11.6. The number of nitrogens with zero attached hydrogens (tertiary/aromatic N) is 1. The molecule has 0 radical (unpaired) electrons. The molecule has 2 nitrogen and oxygen atoms in total. The molecular formula is C15H23ClN2S. The summed E-state index contributed by atoms with van der Waals surface area (Å²) in [6.45, 7) is 5.89. The van der Waals surface area contributed by atoms with Crippen LogP contribution in [0.1, 0.15) is 31.1 Å². The highest BCUT2D eigenvalue weighted by Crippen LogP contribution is 2.34. The van der Waals surface area contributed by atoms with E-state index in [2.05, 4.69) is 23.2 Å². The van der Waals surface area contributed by atoms with Gasteiger partial charge in [-0.1, -0.05) is 18.5 Å². The van der Waals surface area contributed by atoms with Gasteiger partial charge in [-0.2, -0.15) is 0 Å². The predicted molar refractivity (Wildman–Crippen MR) is 83.2 cm³/mol. The van der Waals surface area contributed by atoms with E-state index in [9.17, 15) is 0 Å². The first-order valence-electron chi connectivity index (χ1n) is 7.48. The van der Waals surface area contributed by atoms with Gasteiger partial charge in [0.1, 0.15) is 0 Å². The smallest absolute Gasteiger partial charge is 0.0931 e. The third kappa shape index (κ3) is 3.52. The Bertz CT molecular complexity index is 416. The van der Waals surface area contributed by atoms with Gasteiger partial charge in [0.05, 0.1) is 4.34 Å². The van der Waals surface area contributed by atoms with Crippen LogP contribution >= 0.6 is 22.9 Å². The van der Waals surface area contributed by atoms with Crippen LogP contribution in [0.3, 0.4) is 0 Å². The van der Waals surface area contributed by atoms with Gasteiger partial charge in [-0.25, -0.2) is 0 Å². The van der Waals surface area contributed by atoms with Gasteiger partial charge in [-0.3, -0.25) is 4.90 Å². The molecule has 2 atom stereocenters. The van der Waals surface area contributed by atoms with Gasteiger partial charge in [0.25, 0.3) is 0 Å². The lowest BCUT2D eigenvalue weighted by Crippen LogP contribution is -2.57. The van der Waals surface area contributed by atoms with Crippen LogP contribution in [0, 0.1) is 5.92 Å². The van der Waals surface area contributed by atoms with Crippen molar-refractivity contribution in [2.24, 2.45) is 5.92 Å². The number of thiophene rings is 1. The molecule has 1 aromatic rings. The summed E-state index contributed by atoms with van der Waals surface area (Å²) >= 11 is 7.73. The quantitative estimate of drug-likeness (QED) is 0.896. The van der Waals surface area contributed by atoms with Crippen LogP contribution in [-0.2, 0) is 6.42 Å². The lowest BCUT2D eigenvalue weighted by Gasteiger charge is -2.40. The Morgan fingerprint density at radius 1 is 1.42 bits per heavy atom. The summed E-state index contributed by atoms with van der Waals surface area (Å²) in [4.78, 5) is 4.12. The summed E-state index contributed by atoms with van der Waals surface area (Å²) in [6.07, 6.45) is 5.26. The molecule has 1 N–H and O–H groups in total. The summed E-state index contributed by atoms with van der Waals surface area (Å²) in [7, 11) is 0. The Morgan fingerprint density at radius 2 is 2.26 bits per heavy atom. The Balaban J connectivity index is 1.56. The fourth-order valence-electron chi connectivity index (χ4n) is 3.11. The van der Waals surface area contributed by atoms with Gasteiger partial charge in [-0.05, 0) is 43.7 Å². The van der Waals surface area contributed by atoms with Crippen molar-refractivity contribution in [3.63, 3.8) is 0 Å². The minimum Gasteiger partial charge on any atom is -0.311 e. The first-order chi connectivity index (χ1) is 9.26. The highest BCUT2D eigenvalue weighted by atomic mass is 35.5. The fourth-order valence-corrected chi connectivity index (χ4v) is 4.19. The minimum absolute atomic E-state index is 0.713. The Morgan fingerprint density at radius 3 is 2.89 bits per heavy atom. The fraction of sp³-hybridized carbons (Fsp3) is 0.733. The molecule has 0 spiro atoms. The van der Waals surface area contributed by atoms with Crippen molar-refractivity contribution in [1.29, 1.82) is 0 Å². The third-order valence-electron chi connectivity index (χ3n) is 4.50. The largest absolute Gasteiger partial charge is 0.311 e. The van der Waals surface area contributed by atoms with Crippen molar-refractivity contribution in [2.75, 3.05) is 19.6 Å². The Hall–Kier alpha value is -0.0900. The van der Waals surface area contributed by atoms with Gasteiger partial charge in [0.2, 0.25) is 0 Å². The molecule has 19 heavy (non-hydrogen) atoms. The summed E-state index contributed by atoms with van der Waals surface area (Å²) in [6, 6.07) is 5.65. The maximum absolute atomic E-state index is 6.01. The van der Waals surface area contributed by atoms with Crippen LogP contribution in [0.2, 0.25) is 4.34 Å². The average Bonchev–Trinajstić information content (AvgIpc) is 3.19. The SMILES string of the molecule is CCC1CNC(C2CC2)CN1CCc1ccc(Cl)s1. The second-order valence-corrected chi connectivity index (χ2v) is 7.66. The van der Waals surface area contributed by atoms with E-state index < -0.39 is 0 Å². The van der Waals surface area contributed by atoms with Crippen molar-refractivity contribution < 1.29 is 0 Å². The first kappa shape index (κ1) is 13.9. The number of rotatable bonds is 5. The van der Waals surface area contributed by atoms with Crippen LogP contribution in [0.5, 0.6) is 0 Å². The lowest BCUT2D eigenvalue weighted by molar-refractivity contribution is 0.121. The molecule has 1 saturated heterocycles. The normalized spacial score (nSPS) is 28.7. The second-order valence-electron chi connectivity index (χ2n) is 5.86. The first-order valence-corrected chi connectivity index (χ1v) is 8.67. The standard InChI is InChI=1S/C15H23ClN2S/c1-2-12-9-17-14(11-3-4-11)10-18(12)8-7-13-5-6-15(16)19-13/h5-6,11-12,14,17H,2-4,7-10H2,1H3. The number of halogens is 1. The van der Waals surface area contributed by atoms with E-state index in [1.54, 1.807) is 11.3 Å². The van der Waals surface area contributed by atoms with E-state index in [1.165, 1.54) is 43.8 Å². The van der Waals surface area contributed by atoms with Gasteiger partial charge < -0.3 is 5.32 Å². The van der Waals surface area contributed by atoms with E-state index in [-0.39, 0.29) is 0 Å². The van der Waals surface area contributed by atoms with Gasteiger partial charge in [0.15, 0.2) is 0 Å². The molecule has 1 saturated carbocycles. The molecule has 1 aliphatic heterocycles. The predicted octanol–water partition coefficient (Wildman–Crippen LogP) is 3.41. The zero-order valence-corrected chi connectivity index (χ0v) is 13.1. The molecule has 0 aromatic carbocycles. The molecule has 0 bridgehead atoms. The highest BCUT2D eigenvalue weighted by molar-refractivity contribution is 7.16. The molecule has 3 rings (SSSR count). The molecule has 4 heteroatoms. The van der Waals surface area contributed by atoms with E-state index in [4.69, 9.17) is 11.6 Å². The van der Waals surface area contributed by atoms with Crippen LogP contribution in [0.25, 0.3) is 0 Å². The van der Waals surface area contributed by atoms with Crippen molar-refractivity contribution in [3.8, 4) is 0 Å². The van der Waals surface area contributed by atoms with E-state index in [0.29, 0.717) is 6.04 Å². The highest BCUT2D eigenvalue weighted by Gasteiger charge is 2.36. The van der Waals surface area contributed by atoms with E-state index in [0.717, 1.165) is 22.7 Å². The van der Waals surface area contributed by atoms with Crippen molar-refractivity contribution in [2.45, 2.75) is 44.7 Å². The maximum Gasteiger partial charge on any atom is 0.0931 e. The van der Waals surface area contributed by atoms with Crippen molar-refractivity contribution in [1.82, 2.24) is 10.2 Å². The van der Waals surface area contributed by atoms with Crippen LogP contribution in [-0.4, -0.2) is 36.6 Å². The topological polar surface area (TPSA) is 15.3 Å². The molecular weight excluding hydrogens is 276 g/mol. The summed E-state index contributed by atoms with van der Waals surface area (Å²) in [5.41, 5.74) is 0. The number of hydrogen-bond donors (Lipinski definition) is 1. The molecule has 2 aliphatic rings. The number of nitrogens with one attached hydrogen (secondary N) is 1. The minimum atomic E-state index is 0.713. The van der Waals surface area contributed by atoms with Crippen LogP contribution < -0.4 is 5.32 Å². The molecule has 2 unspecified atom stereocenters. The molecule has 1 aliphatic carbocycles. The van der Waals surface area contributed by atoms with Gasteiger partial charge >= 0.3 is 0 Å². The molecule has 106 valence electrons. The van der Waals surface area contributed by atoms with Crippen LogP contribution in [0.15, 0.2) is 12.1 Å². The molecule has 2 heterocycles. The maximum atomic E-state index is 6.01. The summed E-state index contributed by atoms with van der Waals surface area (Å²) in [5, 5.41) is 3.75. The monoisotopic (exact) mass is 298 g/mol. The molecule has 1 aromatic heterocycles. The van der Waals surface area contributed by atoms with Crippen molar-refractivity contribution >= 4 is 22.9 Å². The summed E-state index contributed by atoms with van der Waals surface area (Å²) in [5.74, 6) is 0.955. The molecule has 2 fully saturated rings. The van der Waals surface area contributed by atoms with E-state index >= 15 is 0 Å². The number of piperazine rings is 1. The third-order valence-corrected chi connectivity index (χ3v) is 5.79. The van der Waals surface area contributed by atoms with Gasteiger partial charge in [0, 0.05) is 36.6 Å². The average molecular weight is 299 g/mol. The summed E-state index contributed by atoms with van der Waals surface area (Å²) < 4.78 is 0.915. The van der Waals surface area contributed by atoms with Crippen molar-refractivity contribution in [3.05, 3.63) is 21.3 Å².